The Kier molecular flexibility index (Phi) is 9.04. The number of halogens is 3. The summed E-state index contributed by atoms with van der Waals surface area (Å²) in [5.74, 6) is 1.63. The third-order valence-electron chi connectivity index (χ3n) is 5.70. The van der Waals surface area contributed by atoms with E-state index in [1.54, 1.807) is 18.3 Å². The molecule has 0 radical (unpaired) electrons. The fourth-order valence-corrected chi connectivity index (χ4v) is 3.84. The van der Waals surface area contributed by atoms with Crippen molar-refractivity contribution in [2.75, 3.05) is 5.32 Å². The number of imidazole rings is 1. The topological polar surface area (TPSA) is 75.9 Å². The Bertz CT molecular complexity index is 1310. The molecule has 196 valence electrons. The van der Waals surface area contributed by atoms with Gasteiger partial charge in [0.1, 0.15) is 11.6 Å². The molecule has 4 rings (SSSR count). The van der Waals surface area contributed by atoms with Crippen molar-refractivity contribution in [3.8, 4) is 22.8 Å². The molecule has 9 heteroatoms. The molecular formula is C28H32F3N5O. The summed E-state index contributed by atoms with van der Waals surface area (Å²) in [7, 11) is 1.54. The summed E-state index contributed by atoms with van der Waals surface area (Å²) in [5.41, 5.74) is 3.19. The van der Waals surface area contributed by atoms with Crippen LogP contribution in [0.2, 0.25) is 0 Å². The fourth-order valence-electron chi connectivity index (χ4n) is 3.84. The normalized spacial score (nSPS) is 11.3. The Hall–Kier alpha value is -3.72. The van der Waals surface area contributed by atoms with Gasteiger partial charge < -0.3 is 15.0 Å². The minimum atomic E-state index is -4.49. The number of benzene rings is 2. The first kappa shape index (κ1) is 27.9. The van der Waals surface area contributed by atoms with Gasteiger partial charge in [0, 0.05) is 42.7 Å². The van der Waals surface area contributed by atoms with Gasteiger partial charge in [0.15, 0.2) is 11.5 Å². The van der Waals surface area contributed by atoms with Gasteiger partial charge in [-0.05, 0) is 17.0 Å². The minimum Gasteiger partial charge on any atom is -0.391 e. The number of hydrogen-bond acceptors (Lipinski definition) is 5. The number of alkyl halides is 3. The van der Waals surface area contributed by atoms with E-state index in [-0.39, 0.29) is 12.4 Å². The number of aryl methyl sites for hydroxylation is 1. The molecule has 0 bridgehead atoms. The number of anilines is 1. The largest absolute Gasteiger partial charge is 0.434 e. The Morgan fingerprint density at radius 1 is 1.00 bits per heavy atom. The van der Waals surface area contributed by atoms with Crippen LogP contribution in [0.4, 0.5) is 19.0 Å². The standard InChI is InChI=1S/C26H26F3N5O.C2H6/c1-16(2)20-6-4-5-7-21(20)24-31-13-19(15-35)23(33-24)30-12-17-8-10-18(11-9-17)25-32-22(14-34(25)3)26(27,28)29;1-2/h4-11,13-14,16,35H,12,15H2,1-3H3,(H,30,31,33);1-2H3. The molecule has 0 saturated heterocycles. The summed E-state index contributed by atoms with van der Waals surface area (Å²) in [4.78, 5) is 12.9. The molecule has 6 nitrogen and oxygen atoms in total. The quantitative estimate of drug-likeness (QED) is 0.285. The third-order valence-corrected chi connectivity index (χ3v) is 5.70. The molecule has 2 heterocycles. The molecule has 2 aromatic carbocycles. The smallest absolute Gasteiger partial charge is 0.391 e. The van der Waals surface area contributed by atoms with Crippen LogP contribution in [0, 0.1) is 0 Å². The van der Waals surface area contributed by atoms with Crippen LogP contribution < -0.4 is 5.32 Å². The molecule has 2 N–H and O–H groups in total. The van der Waals surface area contributed by atoms with Gasteiger partial charge in [0.05, 0.1) is 6.61 Å². The highest BCUT2D eigenvalue weighted by atomic mass is 19.4. The van der Waals surface area contributed by atoms with Crippen LogP contribution in [0.5, 0.6) is 0 Å². The zero-order chi connectivity index (χ0) is 27.2. The Balaban J connectivity index is 0.00000186. The summed E-state index contributed by atoms with van der Waals surface area (Å²) in [6, 6.07) is 15.1. The molecular weight excluding hydrogens is 479 g/mol. The van der Waals surface area contributed by atoms with E-state index in [0.717, 1.165) is 22.9 Å². The lowest BCUT2D eigenvalue weighted by Gasteiger charge is -2.14. The SMILES string of the molecule is CC.CC(C)c1ccccc1-c1ncc(CO)c(NCc2ccc(-c3nc(C(F)(F)F)cn3C)cc2)n1. The lowest BCUT2D eigenvalue weighted by Crippen LogP contribution is -2.07. The number of hydrogen-bond donors (Lipinski definition) is 2. The Labute approximate surface area is 215 Å². The second-order valence-electron chi connectivity index (χ2n) is 8.58. The monoisotopic (exact) mass is 511 g/mol. The molecule has 0 saturated carbocycles. The highest BCUT2D eigenvalue weighted by Gasteiger charge is 2.34. The molecule has 0 aliphatic heterocycles. The van der Waals surface area contributed by atoms with Gasteiger partial charge in [-0.15, -0.1) is 0 Å². The molecule has 0 atom stereocenters. The van der Waals surface area contributed by atoms with Gasteiger partial charge in [-0.2, -0.15) is 13.2 Å². The van der Waals surface area contributed by atoms with E-state index in [1.165, 1.54) is 11.6 Å². The second-order valence-corrected chi connectivity index (χ2v) is 8.58. The highest BCUT2D eigenvalue weighted by Crippen LogP contribution is 2.31. The first-order valence-electron chi connectivity index (χ1n) is 12.2. The maximum atomic E-state index is 13.0. The van der Waals surface area contributed by atoms with Crippen molar-refractivity contribution in [2.24, 2.45) is 7.05 Å². The van der Waals surface area contributed by atoms with Crippen LogP contribution >= 0.6 is 0 Å². The van der Waals surface area contributed by atoms with Crippen LogP contribution in [0.15, 0.2) is 60.9 Å². The number of rotatable bonds is 7. The third kappa shape index (κ3) is 6.54. The zero-order valence-corrected chi connectivity index (χ0v) is 21.6. The van der Waals surface area contributed by atoms with E-state index < -0.39 is 11.9 Å². The van der Waals surface area contributed by atoms with Gasteiger partial charge in [-0.3, -0.25) is 0 Å². The lowest BCUT2D eigenvalue weighted by molar-refractivity contribution is -0.140. The van der Waals surface area contributed by atoms with Gasteiger partial charge >= 0.3 is 6.18 Å². The average Bonchev–Trinajstić information content (AvgIpc) is 3.31. The fraction of sp³-hybridized carbons (Fsp3) is 0.321. The molecule has 0 aliphatic carbocycles. The molecule has 0 spiro atoms. The molecule has 0 unspecified atom stereocenters. The molecule has 0 amide bonds. The summed E-state index contributed by atoms with van der Waals surface area (Å²) in [5, 5.41) is 13.0. The predicted molar refractivity (Wildman–Crippen MR) is 140 cm³/mol. The van der Waals surface area contributed by atoms with Crippen LogP contribution in [0.25, 0.3) is 22.8 Å². The predicted octanol–water partition coefficient (Wildman–Crippen LogP) is 6.82. The number of aliphatic hydroxyl groups excluding tert-OH is 1. The Morgan fingerprint density at radius 3 is 2.27 bits per heavy atom. The maximum Gasteiger partial charge on any atom is 0.434 e. The molecule has 2 aromatic heterocycles. The highest BCUT2D eigenvalue weighted by molar-refractivity contribution is 5.63. The van der Waals surface area contributed by atoms with E-state index in [9.17, 15) is 18.3 Å². The molecule has 0 fully saturated rings. The van der Waals surface area contributed by atoms with Crippen molar-refractivity contribution in [1.29, 1.82) is 0 Å². The van der Waals surface area contributed by atoms with Crippen molar-refractivity contribution < 1.29 is 18.3 Å². The number of nitrogens with one attached hydrogen (secondary N) is 1. The first-order valence-corrected chi connectivity index (χ1v) is 12.2. The van der Waals surface area contributed by atoms with Crippen molar-refractivity contribution in [3.05, 3.63) is 83.3 Å². The van der Waals surface area contributed by atoms with E-state index in [1.807, 2.05) is 44.2 Å². The summed E-state index contributed by atoms with van der Waals surface area (Å²) in [6.45, 7) is 8.41. The van der Waals surface area contributed by atoms with E-state index in [0.29, 0.717) is 35.2 Å². The number of aliphatic hydroxyl groups is 1. The summed E-state index contributed by atoms with van der Waals surface area (Å²) >= 11 is 0. The number of nitrogens with zero attached hydrogens (tertiary/aromatic N) is 4. The van der Waals surface area contributed by atoms with Crippen LogP contribution in [-0.4, -0.2) is 24.6 Å². The maximum absolute atomic E-state index is 13.0. The summed E-state index contributed by atoms with van der Waals surface area (Å²) < 4.78 is 40.3. The lowest BCUT2D eigenvalue weighted by atomic mass is 9.97. The van der Waals surface area contributed by atoms with E-state index >= 15 is 0 Å². The van der Waals surface area contributed by atoms with Crippen molar-refractivity contribution in [1.82, 2.24) is 19.5 Å². The molecule has 0 aliphatic rings. The van der Waals surface area contributed by atoms with Crippen LogP contribution in [0.1, 0.15) is 56.0 Å². The van der Waals surface area contributed by atoms with E-state index in [4.69, 9.17) is 0 Å². The van der Waals surface area contributed by atoms with Crippen LogP contribution in [0.3, 0.4) is 0 Å². The van der Waals surface area contributed by atoms with Gasteiger partial charge in [0.25, 0.3) is 0 Å². The first-order chi connectivity index (χ1) is 17.7. The summed E-state index contributed by atoms with van der Waals surface area (Å²) in [6.07, 6.45) is -1.90. The minimum absolute atomic E-state index is 0.214. The molecule has 37 heavy (non-hydrogen) atoms. The average molecular weight is 512 g/mol. The zero-order valence-electron chi connectivity index (χ0n) is 21.6. The van der Waals surface area contributed by atoms with Crippen molar-refractivity contribution in [3.63, 3.8) is 0 Å². The Morgan fingerprint density at radius 2 is 1.68 bits per heavy atom. The molecule has 4 aromatic rings. The van der Waals surface area contributed by atoms with Crippen molar-refractivity contribution in [2.45, 2.75) is 52.9 Å². The van der Waals surface area contributed by atoms with Gasteiger partial charge in [0.2, 0.25) is 0 Å². The van der Waals surface area contributed by atoms with E-state index in [2.05, 4.69) is 40.2 Å². The number of aromatic nitrogens is 4. The van der Waals surface area contributed by atoms with Crippen molar-refractivity contribution >= 4 is 5.82 Å². The second kappa shape index (κ2) is 12.0. The van der Waals surface area contributed by atoms with Gasteiger partial charge in [-0.25, -0.2) is 15.0 Å². The van der Waals surface area contributed by atoms with Gasteiger partial charge in [-0.1, -0.05) is 76.2 Å². The van der Waals surface area contributed by atoms with Crippen LogP contribution in [-0.2, 0) is 26.4 Å².